The van der Waals surface area contributed by atoms with Crippen LogP contribution in [0.2, 0.25) is 0 Å². The van der Waals surface area contributed by atoms with Crippen LogP contribution in [0.15, 0.2) is 6.07 Å². The van der Waals surface area contributed by atoms with Crippen LogP contribution >= 0.6 is 0 Å². The Kier molecular flexibility index (Phi) is 5.94. The van der Waals surface area contributed by atoms with Crippen LogP contribution in [0.1, 0.15) is 51.1 Å². The van der Waals surface area contributed by atoms with Crippen LogP contribution in [0.5, 0.6) is 0 Å². The van der Waals surface area contributed by atoms with Gasteiger partial charge in [0.15, 0.2) is 0 Å². The molecule has 0 unspecified atom stereocenters. The van der Waals surface area contributed by atoms with Crippen LogP contribution in [0.25, 0.3) is 0 Å². The fraction of sp³-hybridized carbons (Fsp3) is 0.722. The van der Waals surface area contributed by atoms with E-state index < -0.39 is 0 Å². The lowest BCUT2D eigenvalue weighted by Gasteiger charge is -2.32. The summed E-state index contributed by atoms with van der Waals surface area (Å²) in [5, 5.41) is 6.97. The Morgan fingerprint density at radius 2 is 1.84 bits per heavy atom. The Hall–Kier alpha value is -2.05. The molecule has 138 valence electrons. The zero-order valence-corrected chi connectivity index (χ0v) is 15.3. The van der Waals surface area contributed by atoms with E-state index in [1.165, 1.54) is 25.7 Å². The van der Waals surface area contributed by atoms with Crippen molar-refractivity contribution in [2.75, 3.05) is 30.3 Å². The largest absolute Gasteiger partial charge is 0.450 e. The van der Waals surface area contributed by atoms with E-state index >= 15 is 0 Å². The second kappa shape index (κ2) is 8.36. The molecule has 25 heavy (non-hydrogen) atoms. The van der Waals surface area contributed by atoms with Crippen molar-refractivity contribution in [2.45, 2.75) is 64.5 Å². The number of likely N-dealkylation sites (tertiary alicyclic amines) is 1. The number of rotatable bonds is 5. The maximum absolute atomic E-state index is 11.8. The van der Waals surface area contributed by atoms with Gasteiger partial charge in [-0.1, -0.05) is 12.8 Å². The topological polar surface area (TPSA) is 79.4 Å². The fourth-order valence-corrected chi connectivity index (χ4v) is 3.59. The molecule has 0 radical (unpaired) electrons. The van der Waals surface area contributed by atoms with Gasteiger partial charge in [0.2, 0.25) is 5.95 Å². The Balaban J connectivity index is 1.54. The molecule has 2 heterocycles. The highest BCUT2D eigenvalue weighted by Crippen LogP contribution is 2.22. The molecule has 3 rings (SSSR count). The van der Waals surface area contributed by atoms with Gasteiger partial charge in [-0.25, -0.2) is 9.78 Å². The minimum absolute atomic E-state index is 0.207. The third-order valence-electron chi connectivity index (χ3n) is 4.92. The minimum Gasteiger partial charge on any atom is -0.450 e. The SMILES string of the molecule is CCOC(=O)N1CCC(Nc2cc(C)nc(NC3CCCC3)n2)CC1. The summed E-state index contributed by atoms with van der Waals surface area (Å²) in [6, 6.07) is 2.80. The average Bonchev–Trinajstić information content (AvgIpc) is 3.08. The molecule has 2 aliphatic rings. The maximum Gasteiger partial charge on any atom is 0.409 e. The van der Waals surface area contributed by atoms with Crippen molar-refractivity contribution in [3.63, 3.8) is 0 Å². The fourth-order valence-electron chi connectivity index (χ4n) is 3.59. The minimum atomic E-state index is -0.207. The summed E-state index contributed by atoms with van der Waals surface area (Å²) in [6.45, 7) is 5.69. The van der Waals surface area contributed by atoms with Gasteiger partial charge in [-0.3, -0.25) is 0 Å². The first-order chi connectivity index (χ1) is 12.1. The van der Waals surface area contributed by atoms with Crippen LogP contribution in [-0.2, 0) is 4.74 Å². The molecule has 1 aliphatic carbocycles. The molecule has 1 aliphatic heterocycles. The van der Waals surface area contributed by atoms with Crippen LogP contribution in [0.3, 0.4) is 0 Å². The second-order valence-electron chi connectivity index (χ2n) is 6.95. The molecule has 1 aromatic rings. The normalized spacial score (nSPS) is 19.0. The number of aromatic nitrogens is 2. The number of nitrogens with zero attached hydrogens (tertiary/aromatic N) is 3. The molecule has 7 nitrogen and oxygen atoms in total. The molecule has 1 saturated carbocycles. The maximum atomic E-state index is 11.8. The predicted molar refractivity (Wildman–Crippen MR) is 97.9 cm³/mol. The zero-order valence-electron chi connectivity index (χ0n) is 15.3. The monoisotopic (exact) mass is 347 g/mol. The number of anilines is 2. The summed E-state index contributed by atoms with van der Waals surface area (Å²) in [7, 11) is 0. The summed E-state index contributed by atoms with van der Waals surface area (Å²) in [6.07, 6.45) is 6.56. The van der Waals surface area contributed by atoms with Crippen molar-refractivity contribution >= 4 is 17.9 Å². The Bertz CT molecular complexity index is 581. The molecule has 1 saturated heterocycles. The number of aryl methyl sites for hydroxylation is 1. The van der Waals surface area contributed by atoms with Crippen molar-refractivity contribution < 1.29 is 9.53 Å². The third-order valence-corrected chi connectivity index (χ3v) is 4.92. The summed E-state index contributed by atoms with van der Waals surface area (Å²) in [4.78, 5) is 22.7. The predicted octanol–water partition coefficient (Wildman–Crippen LogP) is 3.17. The van der Waals surface area contributed by atoms with Gasteiger partial charge in [-0.15, -0.1) is 0 Å². The van der Waals surface area contributed by atoms with E-state index in [-0.39, 0.29) is 6.09 Å². The molecule has 0 atom stereocenters. The average molecular weight is 347 g/mol. The Morgan fingerprint density at radius 3 is 2.52 bits per heavy atom. The van der Waals surface area contributed by atoms with E-state index in [1.54, 1.807) is 4.90 Å². The summed E-state index contributed by atoms with van der Waals surface area (Å²) >= 11 is 0. The van der Waals surface area contributed by atoms with E-state index in [4.69, 9.17) is 4.74 Å². The number of hydrogen-bond donors (Lipinski definition) is 2. The number of hydrogen-bond acceptors (Lipinski definition) is 6. The first-order valence-electron chi connectivity index (χ1n) is 9.44. The highest BCUT2D eigenvalue weighted by molar-refractivity contribution is 5.67. The number of amides is 1. The van der Waals surface area contributed by atoms with Gasteiger partial charge in [0.05, 0.1) is 6.61 Å². The van der Waals surface area contributed by atoms with E-state index in [9.17, 15) is 4.79 Å². The van der Waals surface area contributed by atoms with Crippen molar-refractivity contribution in [1.82, 2.24) is 14.9 Å². The first kappa shape index (κ1) is 17.8. The standard InChI is InChI=1S/C18H29N5O2/c1-3-25-18(24)23-10-8-15(9-11-23)20-16-12-13(2)19-17(22-16)21-14-6-4-5-7-14/h12,14-15H,3-11H2,1-2H3,(H2,19,20,21,22). The van der Waals surface area contributed by atoms with Crippen LogP contribution < -0.4 is 10.6 Å². The quantitative estimate of drug-likeness (QED) is 0.852. The van der Waals surface area contributed by atoms with Crippen molar-refractivity contribution in [3.05, 3.63) is 11.8 Å². The highest BCUT2D eigenvalue weighted by Gasteiger charge is 2.24. The lowest BCUT2D eigenvalue weighted by atomic mass is 10.1. The van der Waals surface area contributed by atoms with Crippen molar-refractivity contribution in [3.8, 4) is 0 Å². The summed E-state index contributed by atoms with van der Waals surface area (Å²) in [5.74, 6) is 1.58. The number of nitrogens with one attached hydrogen (secondary N) is 2. The van der Waals surface area contributed by atoms with Gasteiger partial charge in [0.25, 0.3) is 0 Å². The number of ether oxygens (including phenoxy) is 1. The molecular formula is C18H29N5O2. The van der Waals surface area contributed by atoms with Gasteiger partial charge >= 0.3 is 6.09 Å². The Morgan fingerprint density at radius 1 is 1.16 bits per heavy atom. The first-order valence-corrected chi connectivity index (χ1v) is 9.44. The van der Waals surface area contributed by atoms with E-state index in [1.807, 2.05) is 19.9 Å². The van der Waals surface area contributed by atoms with Crippen LogP contribution in [0, 0.1) is 6.92 Å². The van der Waals surface area contributed by atoms with E-state index in [0.717, 1.165) is 30.3 Å². The van der Waals surface area contributed by atoms with Gasteiger partial charge in [-0.05, 0) is 39.5 Å². The molecule has 0 spiro atoms. The second-order valence-corrected chi connectivity index (χ2v) is 6.95. The summed E-state index contributed by atoms with van der Waals surface area (Å²) < 4.78 is 5.07. The van der Waals surface area contributed by atoms with Gasteiger partial charge < -0.3 is 20.3 Å². The summed E-state index contributed by atoms with van der Waals surface area (Å²) in [5.41, 5.74) is 0.960. The van der Waals surface area contributed by atoms with E-state index in [2.05, 4.69) is 20.6 Å². The highest BCUT2D eigenvalue weighted by atomic mass is 16.6. The van der Waals surface area contributed by atoms with Gasteiger partial charge in [0.1, 0.15) is 5.82 Å². The molecule has 7 heteroatoms. The molecule has 2 fully saturated rings. The lowest BCUT2D eigenvalue weighted by Crippen LogP contribution is -2.42. The van der Waals surface area contributed by atoms with Crippen LogP contribution in [0.4, 0.5) is 16.6 Å². The van der Waals surface area contributed by atoms with Crippen LogP contribution in [-0.4, -0.2) is 52.7 Å². The van der Waals surface area contributed by atoms with Crippen molar-refractivity contribution in [2.24, 2.45) is 0 Å². The molecule has 0 bridgehead atoms. The number of carbonyl (C=O) groups excluding carboxylic acids is 1. The Labute approximate surface area is 149 Å². The third kappa shape index (κ3) is 4.96. The lowest BCUT2D eigenvalue weighted by molar-refractivity contribution is 0.0983. The molecule has 2 N–H and O–H groups in total. The van der Waals surface area contributed by atoms with Gasteiger partial charge in [-0.2, -0.15) is 4.98 Å². The molecule has 0 aromatic carbocycles. The molecule has 1 amide bonds. The number of piperidine rings is 1. The smallest absolute Gasteiger partial charge is 0.409 e. The number of carbonyl (C=O) groups is 1. The van der Waals surface area contributed by atoms with Crippen molar-refractivity contribution in [1.29, 1.82) is 0 Å². The zero-order chi connectivity index (χ0) is 17.6. The van der Waals surface area contributed by atoms with Gasteiger partial charge in [0, 0.05) is 36.9 Å². The molecule has 1 aromatic heterocycles. The molecular weight excluding hydrogens is 318 g/mol. The van der Waals surface area contributed by atoms with E-state index in [0.29, 0.717) is 31.8 Å².